The van der Waals surface area contributed by atoms with Crippen LogP contribution in [-0.2, 0) is 11.3 Å². The summed E-state index contributed by atoms with van der Waals surface area (Å²) < 4.78 is 5.34. The van der Waals surface area contributed by atoms with Gasteiger partial charge in [0.2, 0.25) is 5.91 Å². The first-order valence-electron chi connectivity index (χ1n) is 6.81. The highest BCUT2D eigenvalue weighted by Gasteiger charge is 2.29. The summed E-state index contributed by atoms with van der Waals surface area (Å²) in [5.74, 6) is 0.737. The molecule has 1 aromatic rings. The fourth-order valence-corrected chi connectivity index (χ4v) is 1.97. The van der Waals surface area contributed by atoms with Gasteiger partial charge in [-0.25, -0.2) is 0 Å². The van der Waals surface area contributed by atoms with E-state index < -0.39 is 6.04 Å². The van der Waals surface area contributed by atoms with E-state index in [0.29, 0.717) is 6.54 Å². The van der Waals surface area contributed by atoms with Gasteiger partial charge in [0.1, 0.15) is 5.75 Å². The van der Waals surface area contributed by atoms with E-state index in [4.69, 9.17) is 10.5 Å². The minimum Gasteiger partial charge on any atom is -0.496 e. The molecular formula is C16H26N2O2. The zero-order chi connectivity index (χ0) is 15.5. The van der Waals surface area contributed by atoms with E-state index in [1.165, 1.54) is 0 Å². The summed E-state index contributed by atoms with van der Waals surface area (Å²) in [5.41, 5.74) is 7.91. The van der Waals surface area contributed by atoms with Crippen molar-refractivity contribution in [2.75, 3.05) is 14.2 Å². The van der Waals surface area contributed by atoms with Crippen LogP contribution in [0.15, 0.2) is 18.2 Å². The predicted molar refractivity (Wildman–Crippen MR) is 81.6 cm³/mol. The van der Waals surface area contributed by atoms with Crippen LogP contribution in [0.25, 0.3) is 0 Å². The number of methoxy groups -OCH3 is 1. The minimum atomic E-state index is -0.511. The molecule has 0 radical (unpaired) electrons. The Morgan fingerprint density at radius 1 is 1.40 bits per heavy atom. The van der Waals surface area contributed by atoms with Gasteiger partial charge in [0, 0.05) is 19.2 Å². The van der Waals surface area contributed by atoms with E-state index in [-0.39, 0.29) is 11.3 Å². The lowest BCUT2D eigenvalue weighted by molar-refractivity contribution is -0.134. The maximum atomic E-state index is 12.3. The molecule has 0 saturated carbocycles. The molecule has 0 unspecified atom stereocenters. The SMILES string of the molecule is COc1ccc(C)cc1CN(C)C(=O)[C@H](N)C(C)(C)C. The average Bonchev–Trinajstić information content (AvgIpc) is 2.36. The first-order valence-corrected chi connectivity index (χ1v) is 6.81. The molecule has 0 aliphatic rings. The number of ether oxygens (including phenoxy) is 1. The molecule has 0 saturated heterocycles. The Morgan fingerprint density at radius 2 is 2.00 bits per heavy atom. The summed E-state index contributed by atoms with van der Waals surface area (Å²) in [6, 6.07) is 5.44. The molecular weight excluding hydrogens is 252 g/mol. The molecule has 2 N–H and O–H groups in total. The Hall–Kier alpha value is -1.55. The number of likely N-dealkylation sites (N-methyl/N-ethyl adjacent to an activating group) is 1. The molecule has 0 spiro atoms. The van der Waals surface area contributed by atoms with E-state index in [1.807, 2.05) is 45.9 Å². The molecule has 112 valence electrons. The summed E-state index contributed by atoms with van der Waals surface area (Å²) in [4.78, 5) is 14.0. The Morgan fingerprint density at radius 3 is 2.50 bits per heavy atom. The van der Waals surface area contributed by atoms with Crippen LogP contribution in [0.1, 0.15) is 31.9 Å². The van der Waals surface area contributed by atoms with Crippen molar-refractivity contribution < 1.29 is 9.53 Å². The largest absolute Gasteiger partial charge is 0.496 e. The number of carbonyl (C=O) groups is 1. The van der Waals surface area contributed by atoms with Crippen LogP contribution < -0.4 is 10.5 Å². The summed E-state index contributed by atoms with van der Waals surface area (Å²) >= 11 is 0. The molecule has 1 amide bonds. The number of nitrogens with zero attached hydrogens (tertiary/aromatic N) is 1. The number of benzene rings is 1. The summed E-state index contributed by atoms with van der Waals surface area (Å²) in [6.07, 6.45) is 0. The second-order valence-corrected chi connectivity index (χ2v) is 6.35. The lowest BCUT2D eigenvalue weighted by atomic mass is 9.86. The van der Waals surface area contributed by atoms with Gasteiger partial charge < -0.3 is 15.4 Å². The van der Waals surface area contributed by atoms with Crippen molar-refractivity contribution >= 4 is 5.91 Å². The monoisotopic (exact) mass is 278 g/mol. The molecule has 0 aliphatic carbocycles. The van der Waals surface area contributed by atoms with Gasteiger partial charge in [0.05, 0.1) is 13.2 Å². The summed E-state index contributed by atoms with van der Waals surface area (Å²) in [7, 11) is 3.41. The third-order valence-electron chi connectivity index (χ3n) is 3.42. The second-order valence-electron chi connectivity index (χ2n) is 6.35. The van der Waals surface area contributed by atoms with Crippen LogP contribution in [0.2, 0.25) is 0 Å². The Balaban J connectivity index is 2.88. The summed E-state index contributed by atoms with van der Waals surface area (Å²) in [6.45, 7) is 8.42. The van der Waals surface area contributed by atoms with Gasteiger partial charge in [0.25, 0.3) is 0 Å². The number of carbonyl (C=O) groups excluding carboxylic acids is 1. The Kier molecular flexibility index (Phi) is 5.17. The first-order chi connectivity index (χ1) is 9.16. The first kappa shape index (κ1) is 16.5. The van der Waals surface area contributed by atoms with Crippen LogP contribution in [0.5, 0.6) is 5.75 Å². The molecule has 4 nitrogen and oxygen atoms in total. The molecule has 0 heterocycles. The molecule has 0 bridgehead atoms. The fraction of sp³-hybridized carbons (Fsp3) is 0.562. The van der Waals surface area contributed by atoms with Crippen molar-refractivity contribution in [1.82, 2.24) is 4.90 Å². The number of hydrogen-bond acceptors (Lipinski definition) is 3. The Labute approximate surface area is 121 Å². The summed E-state index contributed by atoms with van der Waals surface area (Å²) in [5, 5.41) is 0. The molecule has 0 fully saturated rings. The van der Waals surface area contributed by atoms with E-state index in [9.17, 15) is 4.79 Å². The van der Waals surface area contributed by atoms with Crippen LogP contribution in [-0.4, -0.2) is 31.0 Å². The second kappa shape index (κ2) is 6.27. The minimum absolute atomic E-state index is 0.0546. The van der Waals surface area contributed by atoms with Gasteiger partial charge in [-0.3, -0.25) is 4.79 Å². The van der Waals surface area contributed by atoms with Crippen LogP contribution in [0.3, 0.4) is 0 Å². The molecule has 4 heteroatoms. The predicted octanol–water partition coefficient (Wildman–Crippen LogP) is 2.34. The number of amides is 1. The van der Waals surface area contributed by atoms with E-state index >= 15 is 0 Å². The van der Waals surface area contributed by atoms with Crippen LogP contribution >= 0.6 is 0 Å². The van der Waals surface area contributed by atoms with Gasteiger partial charge in [-0.05, 0) is 18.4 Å². The van der Waals surface area contributed by atoms with Gasteiger partial charge in [-0.2, -0.15) is 0 Å². The quantitative estimate of drug-likeness (QED) is 0.919. The van der Waals surface area contributed by atoms with Crippen molar-refractivity contribution in [3.63, 3.8) is 0 Å². The molecule has 1 rings (SSSR count). The molecule has 0 aliphatic heterocycles. The smallest absolute Gasteiger partial charge is 0.240 e. The lowest BCUT2D eigenvalue weighted by Gasteiger charge is -2.30. The van der Waals surface area contributed by atoms with E-state index in [0.717, 1.165) is 16.9 Å². The van der Waals surface area contributed by atoms with Crippen molar-refractivity contribution in [3.05, 3.63) is 29.3 Å². The lowest BCUT2D eigenvalue weighted by Crippen LogP contribution is -2.48. The maximum Gasteiger partial charge on any atom is 0.240 e. The third kappa shape index (κ3) is 3.97. The average molecular weight is 278 g/mol. The number of nitrogens with two attached hydrogens (primary N) is 1. The van der Waals surface area contributed by atoms with Gasteiger partial charge in [0.15, 0.2) is 0 Å². The highest BCUT2D eigenvalue weighted by molar-refractivity contribution is 5.82. The topological polar surface area (TPSA) is 55.6 Å². The van der Waals surface area contributed by atoms with Crippen molar-refractivity contribution in [1.29, 1.82) is 0 Å². The van der Waals surface area contributed by atoms with E-state index in [2.05, 4.69) is 0 Å². The third-order valence-corrected chi connectivity index (χ3v) is 3.42. The normalized spacial score (nSPS) is 12.9. The van der Waals surface area contributed by atoms with Crippen molar-refractivity contribution in [3.8, 4) is 5.75 Å². The number of hydrogen-bond donors (Lipinski definition) is 1. The standard InChI is InChI=1S/C16H26N2O2/c1-11-7-8-13(20-6)12(9-11)10-18(5)15(19)14(17)16(2,3)4/h7-9,14H,10,17H2,1-6H3/t14-/m0/s1. The van der Waals surface area contributed by atoms with Crippen LogP contribution in [0.4, 0.5) is 0 Å². The van der Waals surface area contributed by atoms with E-state index in [1.54, 1.807) is 19.1 Å². The zero-order valence-corrected chi connectivity index (χ0v) is 13.4. The van der Waals surface area contributed by atoms with Gasteiger partial charge in [-0.1, -0.05) is 38.5 Å². The number of rotatable bonds is 4. The molecule has 0 aromatic heterocycles. The fourth-order valence-electron chi connectivity index (χ4n) is 1.97. The van der Waals surface area contributed by atoms with Crippen molar-refractivity contribution in [2.24, 2.45) is 11.1 Å². The molecule has 1 aromatic carbocycles. The molecule has 1 atom stereocenters. The van der Waals surface area contributed by atoms with Crippen LogP contribution in [0, 0.1) is 12.3 Å². The molecule has 20 heavy (non-hydrogen) atoms. The maximum absolute atomic E-state index is 12.3. The van der Waals surface area contributed by atoms with Gasteiger partial charge >= 0.3 is 0 Å². The number of aryl methyl sites for hydroxylation is 1. The van der Waals surface area contributed by atoms with Crippen molar-refractivity contribution in [2.45, 2.75) is 40.3 Å². The zero-order valence-electron chi connectivity index (χ0n) is 13.4. The highest BCUT2D eigenvalue weighted by atomic mass is 16.5. The van der Waals surface area contributed by atoms with Gasteiger partial charge in [-0.15, -0.1) is 0 Å². The highest BCUT2D eigenvalue weighted by Crippen LogP contribution is 2.23. The Bertz CT molecular complexity index is 478.